The lowest BCUT2D eigenvalue weighted by atomic mass is 10.2. The number of carbonyl (C=O) groups excluding carboxylic acids is 1. The maximum absolute atomic E-state index is 13.3. The summed E-state index contributed by atoms with van der Waals surface area (Å²) in [6.07, 6.45) is 0.792. The van der Waals surface area contributed by atoms with Crippen LogP contribution in [0.3, 0.4) is 0 Å². The van der Waals surface area contributed by atoms with Gasteiger partial charge in [0, 0.05) is 24.7 Å². The number of nitrogens with one attached hydrogen (secondary N) is 1. The first-order valence-corrected chi connectivity index (χ1v) is 12.1. The van der Waals surface area contributed by atoms with Crippen molar-refractivity contribution < 1.29 is 17.9 Å². The molecule has 1 amide bonds. The zero-order chi connectivity index (χ0) is 22.3. The lowest BCUT2D eigenvalue weighted by molar-refractivity contribution is -0.119. The van der Waals surface area contributed by atoms with Crippen LogP contribution in [-0.4, -0.2) is 65.2 Å². The van der Waals surface area contributed by atoms with Crippen LogP contribution in [0.15, 0.2) is 53.4 Å². The summed E-state index contributed by atoms with van der Waals surface area (Å²) < 4.78 is 33.1. The number of hydrogen-bond donors (Lipinski definition) is 1. The molecule has 1 fully saturated rings. The van der Waals surface area contributed by atoms with E-state index in [1.54, 1.807) is 18.2 Å². The lowest BCUT2D eigenvalue weighted by Gasteiger charge is -2.26. The Kier molecular flexibility index (Phi) is 8.31. The number of morpholine rings is 1. The van der Waals surface area contributed by atoms with Gasteiger partial charge in [0.25, 0.3) is 10.0 Å². The van der Waals surface area contributed by atoms with Crippen molar-refractivity contribution in [3.63, 3.8) is 0 Å². The average Bonchev–Trinajstić information content (AvgIpc) is 2.76. The summed E-state index contributed by atoms with van der Waals surface area (Å²) in [6.45, 7) is 6.20. The van der Waals surface area contributed by atoms with Gasteiger partial charge in [-0.3, -0.25) is 14.0 Å². The van der Waals surface area contributed by atoms with Crippen LogP contribution in [0.2, 0.25) is 5.02 Å². The molecule has 2 aromatic carbocycles. The van der Waals surface area contributed by atoms with Crippen LogP contribution in [-0.2, 0) is 19.6 Å². The standard InChI is InChI=1S/C22H28ClN3O4S/c1-18-4-2-5-20(16-18)26(31(28,29)21-8-6-19(23)7-9-21)17-22(27)24-10-3-11-25-12-14-30-15-13-25/h2,4-9,16H,3,10-15,17H2,1H3,(H,24,27). The second-order valence-corrected chi connectivity index (χ2v) is 9.76. The number of nitrogens with zero attached hydrogens (tertiary/aromatic N) is 2. The molecule has 1 N–H and O–H groups in total. The van der Waals surface area contributed by atoms with Crippen molar-refractivity contribution in [3.8, 4) is 0 Å². The minimum absolute atomic E-state index is 0.0820. The number of amides is 1. The highest BCUT2D eigenvalue weighted by Crippen LogP contribution is 2.25. The van der Waals surface area contributed by atoms with Crippen molar-refractivity contribution in [2.24, 2.45) is 0 Å². The fraction of sp³-hybridized carbons (Fsp3) is 0.409. The minimum atomic E-state index is -3.94. The van der Waals surface area contributed by atoms with Gasteiger partial charge in [-0.2, -0.15) is 0 Å². The number of hydrogen-bond acceptors (Lipinski definition) is 5. The molecule has 9 heteroatoms. The fourth-order valence-electron chi connectivity index (χ4n) is 3.37. The number of aryl methyl sites for hydroxylation is 1. The van der Waals surface area contributed by atoms with E-state index in [1.807, 2.05) is 13.0 Å². The number of sulfonamides is 1. The summed E-state index contributed by atoms with van der Waals surface area (Å²) in [5.41, 5.74) is 1.35. The monoisotopic (exact) mass is 465 g/mol. The van der Waals surface area contributed by atoms with Gasteiger partial charge in [0.15, 0.2) is 0 Å². The van der Waals surface area contributed by atoms with Gasteiger partial charge in [-0.1, -0.05) is 23.7 Å². The Bertz CT molecular complexity index is 977. The Balaban J connectivity index is 1.68. The molecular weight excluding hydrogens is 438 g/mol. The summed E-state index contributed by atoms with van der Waals surface area (Å²) in [4.78, 5) is 15.0. The molecule has 1 aliphatic rings. The first-order valence-electron chi connectivity index (χ1n) is 10.3. The van der Waals surface area contributed by atoms with Crippen LogP contribution in [0.4, 0.5) is 5.69 Å². The van der Waals surface area contributed by atoms with Crippen LogP contribution in [0.25, 0.3) is 0 Å². The van der Waals surface area contributed by atoms with Crippen molar-refractivity contribution in [2.45, 2.75) is 18.2 Å². The van der Waals surface area contributed by atoms with Crippen LogP contribution < -0.4 is 9.62 Å². The molecule has 1 heterocycles. The molecule has 3 rings (SSSR count). The molecular formula is C22H28ClN3O4S. The van der Waals surface area contributed by atoms with Gasteiger partial charge >= 0.3 is 0 Å². The zero-order valence-electron chi connectivity index (χ0n) is 17.6. The van der Waals surface area contributed by atoms with Gasteiger partial charge in [-0.25, -0.2) is 8.42 Å². The lowest BCUT2D eigenvalue weighted by Crippen LogP contribution is -2.42. The van der Waals surface area contributed by atoms with E-state index < -0.39 is 10.0 Å². The molecule has 0 saturated carbocycles. The number of rotatable bonds is 9. The van der Waals surface area contributed by atoms with Crippen molar-refractivity contribution in [1.29, 1.82) is 0 Å². The molecule has 0 radical (unpaired) electrons. The van der Waals surface area contributed by atoms with E-state index >= 15 is 0 Å². The number of benzene rings is 2. The van der Waals surface area contributed by atoms with Crippen LogP contribution in [0.1, 0.15) is 12.0 Å². The molecule has 7 nitrogen and oxygen atoms in total. The highest BCUT2D eigenvalue weighted by atomic mass is 35.5. The topological polar surface area (TPSA) is 79.0 Å². The number of carbonyl (C=O) groups is 1. The Labute approximate surface area is 189 Å². The van der Waals surface area contributed by atoms with Gasteiger partial charge in [0.2, 0.25) is 5.91 Å². The van der Waals surface area contributed by atoms with E-state index in [-0.39, 0.29) is 17.3 Å². The third kappa shape index (κ3) is 6.67. The minimum Gasteiger partial charge on any atom is -0.379 e. The first-order chi connectivity index (χ1) is 14.9. The van der Waals surface area contributed by atoms with E-state index in [1.165, 1.54) is 24.3 Å². The third-order valence-corrected chi connectivity index (χ3v) is 7.10. The van der Waals surface area contributed by atoms with E-state index in [0.29, 0.717) is 17.3 Å². The van der Waals surface area contributed by atoms with Gasteiger partial charge in [-0.05, 0) is 61.9 Å². The summed E-state index contributed by atoms with van der Waals surface area (Å²) in [5.74, 6) is -0.346. The van der Waals surface area contributed by atoms with Gasteiger partial charge in [-0.15, -0.1) is 0 Å². The number of ether oxygens (including phenoxy) is 1. The first kappa shape index (κ1) is 23.5. The third-order valence-electron chi connectivity index (χ3n) is 5.06. The van der Waals surface area contributed by atoms with E-state index in [9.17, 15) is 13.2 Å². The molecule has 0 unspecified atom stereocenters. The summed E-state index contributed by atoms with van der Waals surface area (Å²) in [5, 5.41) is 3.29. The summed E-state index contributed by atoms with van der Waals surface area (Å²) in [7, 11) is -3.94. The zero-order valence-corrected chi connectivity index (χ0v) is 19.2. The van der Waals surface area contributed by atoms with Crippen molar-refractivity contribution in [2.75, 3.05) is 50.2 Å². The highest BCUT2D eigenvalue weighted by Gasteiger charge is 2.27. The normalized spacial score (nSPS) is 14.9. The molecule has 31 heavy (non-hydrogen) atoms. The van der Waals surface area contributed by atoms with Crippen LogP contribution >= 0.6 is 11.6 Å². The van der Waals surface area contributed by atoms with E-state index in [2.05, 4.69) is 10.2 Å². The van der Waals surface area contributed by atoms with Crippen LogP contribution in [0.5, 0.6) is 0 Å². The van der Waals surface area contributed by atoms with E-state index in [0.717, 1.165) is 49.1 Å². The summed E-state index contributed by atoms with van der Waals surface area (Å²) in [6, 6.07) is 13.0. The second-order valence-electron chi connectivity index (χ2n) is 7.46. The molecule has 168 valence electrons. The Morgan fingerprint density at radius 3 is 2.55 bits per heavy atom. The Hall–Kier alpha value is -2.13. The van der Waals surface area contributed by atoms with Crippen LogP contribution in [0, 0.1) is 6.92 Å². The largest absolute Gasteiger partial charge is 0.379 e. The molecule has 0 spiro atoms. The molecule has 0 aromatic heterocycles. The fourth-order valence-corrected chi connectivity index (χ4v) is 4.91. The predicted molar refractivity (Wildman–Crippen MR) is 122 cm³/mol. The van der Waals surface area contributed by atoms with Gasteiger partial charge in [0.05, 0.1) is 23.8 Å². The SMILES string of the molecule is Cc1cccc(N(CC(=O)NCCCN2CCOCC2)S(=O)(=O)c2ccc(Cl)cc2)c1. The Morgan fingerprint density at radius 1 is 1.16 bits per heavy atom. The van der Waals surface area contributed by atoms with Gasteiger partial charge < -0.3 is 10.1 Å². The van der Waals surface area contributed by atoms with Crippen molar-refractivity contribution in [3.05, 3.63) is 59.1 Å². The molecule has 1 aliphatic heterocycles. The molecule has 2 aromatic rings. The number of halogens is 1. The number of anilines is 1. The van der Waals surface area contributed by atoms with Crippen molar-refractivity contribution in [1.82, 2.24) is 10.2 Å². The Morgan fingerprint density at radius 2 is 1.87 bits per heavy atom. The van der Waals surface area contributed by atoms with Crippen molar-refractivity contribution >= 4 is 33.2 Å². The molecule has 0 aliphatic carbocycles. The second kappa shape index (κ2) is 10.9. The quantitative estimate of drug-likeness (QED) is 0.576. The predicted octanol–water partition coefficient (Wildman–Crippen LogP) is 2.68. The average molecular weight is 466 g/mol. The molecule has 0 atom stereocenters. The smallest absolute Gasteiger partial charge is 0.264 e. The molecule has 1 saturated heterocycles. The van der Waals surface area contributed by atoms with E-state index in [4.69, 9.17) is 16.3 Å². The molecule has 0 bridgehead atoms. The maximum Gasteiger partial charge on any atom is 0.264 e. The van der Waals surface area contributed by atoms with Gasteiger partial charge in [0.1, 0.15) is 6.54 Å². The summed E-state index contributed by atoms with van der Waals surface area (Å²) >= 11 is 5.91. The maximum atomic E-state index is 13.3. The highest BCUT2D eigenvalue weighted by molar-refractivity contribution is 7.92.